The third-order valence-electron chi connectivity index (χ3n) is 4.23. The minimum Gasteiger partial charge on any atom is -0.273 e. The van der Waals surface area contributed by atoms with Crippen LogP contribution in [0.15, 0.2) is 59.0 Å². The van der Waals surface area contributed by atoms with Crippen molar-refractivity contribution >= 4 is 23.0 Å². The molecular formula is C20H16FN3OS. The zero-order chi connectivity index (χ0) is 17.9. The van der Waals surface area contributed by atoms with Gasteiger partial charge in [-0.25, -0.2) is 14.8 Å². The highest BCUT2D eigenvalue weighted by molar-refractivity contribution is 7.13. The number of carbonyl (C=O) groups is 1. The van der Waals surface area contributed by atoms with Gasteiger partial charge in [0.15, 0.2) is 0 Å². The standard InChI is InChI=1S/C20H16FN3OS/c21-16-7-5-13(6-8-16)20-22-18(12-26-20)11-19(25)24-23-17-9-14-3-1-2-4-15(14)10-17/h1-8,12H,9-11H2,(H,24,25). The summed E-state index contributed by atoms with van der Waals surface area (Å²) in [5.74, 6) is -0.470. The Kier molecular flexibility index (Phi) is 4.58. The number of hydrogen-bond donors (Lipinski definition) is 1. The zero-order valence-corrected chi connectivity index (χ0v) is 14.7. The lowest BCUT2D eigenvalue weighted by Crippen LogP contribution is -2.21. The fourth-order valence-electron chi connectivity index (χ4n) is 2.94. The number of rotatable bonds is 4. The fraction of sp³-hybridized carbons (Fsp3) is 0.150. The van der Waals surface area contributed by atoms with E-state index in [-0.39, 0.29) is 18.1 Å². The predicted molar refractivity (Wildman–Crippen MR) is 101 cm³/mol. The number of thiazole rings is 1. The molecule has 26 heavy (non-hydrogen) atoms. The first kappa shape index (κ1) is 16.6. The monoisotopic (exact) mass is 365 g/mol. The minimum atomic E-state index is -0.280. The van der Waals surface area contributed by atoms with Crippen molar-refractivity contribution < 1.29 is 9.18 Å². The first-order valence-electron chi connectivity index (χ1n) is 8.29. The van der Waals surface area contributed by atoms with E-state index in [9.17, 15) is 9.18 Å². The average molecular weight is 365 g/mol. The second kappa shape index (κ2) is 7.17. The number of hydrogen-bond acceptors (Lipinski definition) is 4. The maximum Gasteiger partial charge on any atom is 0.246 e. The SMILES string of the molecule is O=C(Cc1csc(-c2ccc(F)cc2)n1)NN=C1Cc2ccccc2C1. The van der Waals surface area contributed by atoms with Crippen LogP contribution < -0.4 is 5.43 Å². The van der Waals surface area contributed by atoms with Crippen LogP contribution in [0.4, 0.5) is 4.39 Å². The molecule has 0 saturated heterocycles. The van der Waals surface area contributed by atoms with Crippen LogP contribution in [-0.2, 0) is 24.1 Å². The quantitative estimate of drug-likeness (QED) is 0.716. The number of nitrogens with zero attached hydrogens (tertiary/aromatic N) is 2. The van der Waals surface area contributed by atoms with Crippen molar-refractivity contribution in [3.05, 3.63) is 76.5 Å². The second-order valence-electron chi connectivity index (χ2n) is 6.16. The van der Waals surface area contributed by atoms with Gasteiger partial charge in [0.1, 0.15) is 10.8 Å². The number of hydrazone groups is 1. The summed E-state index contributed by atoms with van der Waals surface area (Å²) >= 11 is 1.44. The average Bonchev–Trinajstić information content (AvgIpc) is 3.27. The Balaban J connectivity index is 1.36. The van der Waals surface area contributed by atoms with Crippen molar-refractivity contribution in [1.82, 2.24) is 10.4 Å². The molecule has 1 N–H and O–H groups in total. The smallest absolute Gasteiger partial charge is 0.246 e. The highest BCUT2D eigenvalue weighted by Gasteiger charge is 2.16. The van der Waals surface area contributed by atoms with Gasteiger partial charge in [0.2, 0.25) is 5.91 Å². The van der Waals surface area contributed by atoms with Crippen LogP contribution in [0.2, 0.25) is 0 Å². The van der Waals surface area contributed by atoms with Crippen LogP contribution >= 0.6 is 11.3 Å². The Labute approximate surface area is 154 Å². The van der Waals surface area contributed by atoms with E-state index >= 15 is 0 Å². The molecule has 0 radical (unpaired) electrons. The van der Waals surface area contributed by atoms with Crippen LogP contribution in [0.25, 0.3) is 10.6 Å². The molecule has 4 nitrogen and oxygen atoms in total. The molecule has 0 saturated carbocycles. The molecule has 2 aromatic carbocycles. The van der Waals surface area contributed by atoms with Gasteiger partial charge >= 0.3 is 0 Å². The lowest BCUT2D eigenvalue weighted by molar-refractivity contribution is -0.120. The van der Waals surface area contributed by atoms with Gasteiger partial charge in [0.05, 0.1) is 12.1 Å². The third-order valence-corrected chi connectivity index (χ3v) is 5.17. The number of amides is 1. The van der Waals surface area contributed by atoms with Crippen LogP contribution in [0, 0.1) is 5.82 Å². The van der Waals surface area contributed by atoms with Gasteiger partial charge in [0, 0.05) is 29.5 Å². The lowest BCUT2D eigenvalue weighted by Gasteiger charge is -1.99. The van der Waals surface area contributed by atoms with E-state index in [1.54, 1.807) is 12.1 Å². The number of fused-ring (bicyclic) bond motifs is 1. The van der Waals surface area contributed by atoms with Gasteiger partial charge in [-0.05, 0) is 35.4 Å². The summed E-state index contributed by atoms with van der Waals surface area (Å²) in [5, 5.41) is 6.87. The summed E-state index contributed by atoms with van der Waals surface area (Å²) < 4.78 is 13.0. The van der Waals surface area contributed by atoms with E-state index in [0.29, 0.717) is 5.69 Å². The van der Waals surface area contributed by atoms with Crippen molar-refractivity contribution in [2.24, 2.45) is 5.10 Å². The van der Waals surface area contributed by atoms with Gasteiger partial charge < -0.3 is 0 Å². The van der Waals surface area contributed by atoms with Gasteiger partial charge in [-0.3, -0.25) is 4.79 Å². The largest absolute Gasteiger partial charge is 0.273 e. The highest BCUT2D eigenvalue weighted by atomic mass is 32.1. The molecule has 1 amide bonds. The maximum absolute atomic E-state index is 13.0. The van der Waals surface area contributed by atoms with Crippen molar-refractivity contribution in [3.63, 3.8) is 0 Å². The van der Waals surface area contributed by atoms with Gasteiger partial charge in [0.25, 0.3) is 0 Å². The van der Waals surface area contributed by atoms with Gasteiger partial charge in [-0.2, -0.15) is 5.10 Å². The minimum absolute atomic E-state index is 0.168. The molecule has 6 heteroatoms. The second-order valence-corrected chi connectivity index (χ2v) is 7.02. The Morgan fingerprint density at radius 2 is 1.81 bits per heavy atom. The highest BCUT2D eigenvalue weighted by Crippen LogP contribution is 2.24. The normalized spacial score (nSPS) is 12.7. The summed E-state index contributed by atoms with van der Waals surface area (Å²) in [7, 11) is 0. The van der Waals surface area contributed by atoms with Crippen molar-refractivity contribution in [3.8, 4) is 10.6 Å². The molecular weight excluding hydrogens is 349 g/mol. The van der Waals surface area contributed by atoms with E-state index < -0.39 is 0 Å². The molecule has 1 aliphatic rings. The molecule has 0 unspecified atom stereocenters. The fourth-order valence-corrected chi connectivity index (χ4v) is 3.77. The Hall–Kier alpha value is -2.86. The number of nitrogens with one attached hydrogen (secondary N) is 1. The molecule has 0 fully saturated rings. The molecule has 1 heterocycles. The van der Waals surface area contributed by atoms with Crippen LogP contribution in [0.5, 0.6) is 0 Å². The Bertz CT molecular complexity index is 952. The molecule has 3 aromatic rings. The number of aromatic nitrogens is 1. The summed E-state index contributed by atoms with van der Waals surface area (Å²) in [6, 6.07) is 14.4. The van der Waals surface area contributed by atoms with Crippen molar-refractivity contribution in [1.29, 1.82) is 0 Å². The molecule has 1 aromatic heterocycles. The topological polar surface area (TPSA) is 54.4 Å². The van der Waals surface area contributed by atoms with Crippen molar-refractivity contribution in [2.45, 2.75) is 19.3 Å². The molecule has 0 aliphatic heterocycles. The Morgan fingerprint density at radius 3 is 2.50 bits per heavy atom. The third kappa shape index (κ3) is 3.70. The Morgan fingerprint density at radius 1 is 1.12 bits per heavy atom. The maximum atomic E-state index is 13.0. The first-order chi connectivity index (χ1) is 12.7. The number of benzene rings is 2. The van der Waals surface area contributed by atoms with E-state index in [2.05, 4.69) is 27.6 Å². The molecule has 1 aliphatic carbocycles. The number of halogens is 1. The van der Waals surface area contributed by atoms with Crippen LogP contribution in [0.1, 0.15) is 16.8 Å². The first-order valence-corrected chi connectivity index (χ1v) is 9.17. The molecule has 0 spiro atoms. The predicted octanol–water partition coefficient (Wildman–Crippen LogP) is 3.76. The summed E-state index contributed by atoms with van der Waals surface area (Å²) in [4.78, 5) is 16.6. The molecule has 0 bridgehead atoms. The van der Waals surface area contributed by atoms with E-state index in [0.717, 1.165) is 29.1 Å². The van der Waals surface area contributed by atoms with E-state index in [1.807, 2.05) is 17.5 Å². The van der Waals surface area contributed by atoms with E-state index in [4.69, 9.17) is 0 Å². The van der Waals surface area contributed by atoms with Crippen LogP contribution in [0.3, 0.4) is 0 Å². The van der Waals surface area contributed by atoms with Crippen LogP contribution in [-0.4, -0.2) is 16.6 Å². The number of carbonyl (C=O) groups excluding carboxylic acids is 1. The lowest BCUT2D eigenvalue weighted by atomic mass is 10.1. The van der Waals surface area contributed by atoms with E-state index in [1.165, 1.54) is 34.6 Å². The zero-order valence-electron chi connectivity index (χ0n) is 13.9. The molecule has 0 atom stereocenters. The molecule has 130 valence electrons. The molecule has 4 rings (SSSR count). The summed E-state index contributed by atoms with van der Waals surface area (Å²) in [6.45, 7) is 0. The van der Waals surface area contributed by atoms with Gasteiger partial charge in [-0.1, -0.05) is 24.3 Å². The summed E-state index contributed by atoms with van der Waals surface area (Å²) in [6.07, 6.45) is 1.73. The van der Waals surface area contributed by atoms with Crippen molar-refractivity contribution in [2.75, 3.05) is 0 Å². The summed E-state index contributed by atoms with van der Waals surface area (Å²) in [5.41, 5.74) is 7.65. The van der Waals surface area contributed by atoms with Gasteiger partial charge in [-0.15, -0.1) is 11.3 Å².